The van der Waals surface area contributed by atoms with Crippen molar-refractivity contribution in [2.75, 3.05) is 0 Å². The van der Waals surface area contributed by atoms with Crippen LogP contribution in [0.25, 0.3) is 24.3 Å². The number of hydrogen-bond donors (Lipinski definition) is 0. The van der Waals surface area contributed by atoms with Crippen LogP contribution in [-0.2, 0) is 0 Å². The van der Waals surface area contributed by atoms with Crippen LogP contribution in [0.3, 0.4) is 0 Å². The van der Waals surface area contributed by atoms with Crippen molar-refractivity contribution in [1.82, 2.24) is 0 Å². The third-order valence-electron chi connectivity index (χ3n) is 4.01. The Labute approximate surface area is 161 Å². The molecule has 3 rings (SSSR count). The van der Waals surface area contributed by atoms with E-state index in [9.17, 15) is 0 Å². The van der Waals surface area contributed by atoms with Gasteiger partial charge in [0.05, 0.1) is 23.3 Å². The lowest BCUT2D eigenvalue weighted by Gasteiger charge is -1.99. The van der Waals surface area contributed by atoms with E-state index in [0.29, 0.717) is 11.1 Å². The van der Waals surface area contributed by atoms with Crippen LogP contribution in [0.5, 0.6) is 0 Å². The third kappa shape index (κ3) is 5.05. The van der Waals surface area contributed by atoms with Gasteiger partial charge in [-0.1, -0.05) is 92.4 Å². The molecule has 0 atom stereocenters. The van der Waals surface area contributed by atoms with Gasteiger partial charge in [0, 0.05) is 0 Å². The van der Waals surface area contributed by atoms with Crippen LogP contribution in [0.15, 0.2) is 72.8 Å². The van der Waals surface area contributed by atoms with E-state index in [-0.39, 0.29) is 7.43 Å². The predicted molar refractivity (Wildman–Crippen MR) is 113 cm³/mol. The van der Waals surface area contributed by atoms with Crippen molar-refractivity contribution in [2.24, 2.45) is 0 Å². The van der Waals surface area contributed by atoms with Gasteiger partial charge in [0.15, 0.2) is 0 Å². The molecule has 3 aromatic carbocycles. The average molecular weight is 348 g/mol. The summed E-state index contributed by atoms with van der Waals surface area (Å²) in [5.74, 6) is 0. The Morgan fingerprint density at radius 2 is 0.889 bits per heavy atom. The SMILES string of the molecule is C.N#Cc1ccccc1C=Cc1ccc(C=Cc2ccccc2C#N)cc1. The van der Waals surface area contributed by atoms with Crippen LogP contribution in [0, 0.1) is 22.7 Å². The monoisotopic (exact) mass is 348 g/mol. The second kappa shape index (κ2) is 9.56. The van der Waals surface area contributed by atoms with Crippen molar-refractivity contribution < 1.29 is 0 Å². The maximum absolute atomic E-state index is 9.13. The summed E-state index contributed by atoms with van der Waals surface area (Å²) in [6.07, 6.45) is 7.89. The van der Waals surface area contributed by atoms with Crippen molar-refractivity contribution in [3.8, 4) is 12.1 Å². The fourth-order valence-electron chi connectivity index (χ4n) is 2.58. The Morgan fingerprint density at radius 1 is 0.519 bits per heavy atom. The van der Waals surface area contributed by atoms with Crippen LogP contribution in [-0.4, -0.2) is 0 Å². The highest BCUT2D eigenvalue weighted by Gasteiger charge is 1.97. The molecule has 0 N–H and O–H groups in total. The summed E-state index contributed by atoms with van der Waals surface area (Å²) in [5.41, 5.74) is 5.28. The van der Waals surface area contributed by atoms with Gasteiger partial charge in [-0.2, -0.15) is 10.5 Å². The van der Waals surface area contributed by atoms with Crippen molar-refractivity contribution in [1.29, 1.82) is 10.5 Å². The molecule has 0 saturated heterocycles. The minimum Gasteiger partial charge on any atom is -0.192 e. The van der Waals surface area contributed by atoms with E-state index in [1.165, 1.54) is 0 Å². The van der Waals surface area contributed by atoms with Gasteiger partial charge in [-0.3, -0.25) is 0 Å². The quantitative estimate of drug-likeness (QED) is 0.512. The van der Waals surface area contributed by atoms with Gasteiger partial charge in [0.1, 0.15) is 0 Å². The zero-order chi connectivity index (χ0) is 18.2. The minimum atomic E-state index is 0. The molecule has 3 aromatic rings. The molecule has 0 aliphatic rings. The molecular formula is C25H20N2. The van der Waals surface area contributed by atoms with E-state index in [0.717, 1.165) is 22.3 Å². The minimum absolute atomic E-state index is 0. The summed E-state index contributed by atoms with van der Waals surface area (Å²) in [5, 5.41) is 18.3. The van der Waals surface area contributed by atoms with E-state index in [1.54, 1.807) is 0 Å². The Kier molecular flexibility index (Phi) is 6.89. The molecule has 0 aromatic heterocycles. The van der Waals surface area contributed by atoms with Crippen molar-refractivity contribution in [2.45, 2.75) is 7.43 Å². The number of hydrogen-bond acceptors (Lipinski definition) is 2. The summed E-state index contributed by atoms with van der Waals surface area (Å²) >= 11 is 0. The molecule has 0 heterocycles. The van der Waals surface area contributed by atoms with E-state index >= 15 is 0 Å². The molecule has 0 radical (unpaired) electrons. The van der Waals surface area contributed by atoms with Crippen molar-refractivity contribution in [3.63, 3.8) is 0 Å². The Bertz CT molecular complexity index is 956. The second-order valence-corrected chi connectivity index (χ2v) is 5.73. The maximum Gasteiger partial charge on any atom is 0.0997 e. The standard InChI is InChI=1S/C24H16N2.CH4/c25-17-23-7-3-1-5-21(23)15-13-19-9-11-20(12-10-19)14-16-22-6-2-4-8-24(22)18-26;/h1-16H;1H4. The first-order valence-corrected chi connectivity index (χ1v) is 8.24. The van der Waals surface area contributed by atoms with Gasteiger partial charge in [-0.05, 0) is 34.4 Å². The van der Waals surface area contributed by atoms with Crippen LogP contribution in [0.2, 0.25) is 0 Å². The molecule has 2 heteroatoms. The molecule has 0 amide bonds. The van der Waals surface area contributed by atoms with Gasteiger partial charge in [-0.15, -0.1) is 0 Å². The Morgan fingerprint density at radius 3 is 1.26 bits per heavy atom. The van der Waals surface area contributed by atoms with Crippen molar-refractivity contribution >= 4 is 24.3 Å². The lowest BCUT2D eigenvalue weighted by atomic mass is 10.0. The van der Waals surface area contributed by atoms with Crippen molar-refractivity contribution in [3.05, 3.63) is 106 Å². The average Bonchev–Trinajstić information content (AvgIpc) is 2.72. The molecule has 0 spiro atoms. The van der Waals surface area contributed by atoms with Gasteiger partial charge >= 0.3 is 0 Å². The van der Waals surface area contributed by atoms with Gasteiger partial charge in [0.25, 0.3) is 0 Å². The highest BCUT2D eigenvalue weighted by Crippen LogP contribution is 2.15. The van der Waals surface area contributed by atoms with E-state index in [4.69, 9.17) is 10.5 Å². The molecule has 2 nitrogen and oxygen atoms in total. The van der Waals surface area contributed by atoms with E-state index < -0.39 is 0 Å². The van der Waals surface area contributed by atoms with Gasteiger partial charge in [0.2, 0.25) is 0 Å². The smallest absolute Gasteiger partial charge is 0.0997 e. The van der Waals surface area contributed by atoms with Gasteiger partial charge < -0.3 is 0 Å². The number of nitrogens with zero attached hydrogens (tertiary/aromatic N) is 2. The molecule has 0 aliphatic heterocycles. The molecule has 27 heavy (non-hydrogen) atoms. The summed E-state index contributed by atoms with van der Waals surface area (Å²) in [6, 6.07) is 27.6. The van der Waals surface area contributed by atoms with Crippen LogP contribution >= 0.6 is 0 Å². The molecule has 130 valence electrons. The third-order valence-corrected chi connectivity index (χ3v) is 4.01. The summed E-state index contributed by atoms with van der Waals surface area (Å²) < 4.78 is 0. The molecular weight excluding hydrogens is 328 g/mol. The predicted octanol–water partition coefficient (Wildman–Crippen LogP) is 6.41. The number of rotatable bonds is 4. The topological polar surface area (TPSA) is 47.6 Å². The van der Waals surface area contributed by atoms with Crippen LogP contribution < -0.4 is 0 Å². The maximum atomic E-state index is 9.13. The molecule has 0 unspecified atom stereocenters. The van der Waals surface area contributed by atoms with E-state index in [2.05, 4.69) is 12.1 Å². The summed E-state index contributed by atoms with van der Waals surface area (Å²) in [7, 11) is 0. The Balaban J connectivity index is 0.00000261. The zero-order valence-electron chi connectivity index (χ0n) is 14.1. The highest BCUT2D eigenvalue weighted by molar-refractivity contribution is 5.75. The highest BCUT2D eigenvalue weighted by atomic mass is 14.2. The fraction of sp³-hybridized carbons (Fsp3) is 0.0400. The lowest BCUT2D eigenvalue weighted by Crippen LogP contribution is -1.81. The molecule has 0 fully saturated rings. The normalized spacial score (nSPS) is 10.3. The first kappa shape index (κ1) is 19.4. The largest absolute Gasteiger partial charge is 0.192 e. The first-order chi connectivity index (χ1) is 12.8. The first-order valence-electron chi connectivity index (χ1n) is 8.24. The second-order valence-electron chi connectivity index (χ2n) is 5.73. The summed E-state index contributed by atoms with van der Waals surface area (Å²) in [4.78, 5) is 0. The van der Waals surface area contributed by atoms with Crippen LogP contribution in [0.4, 0.5) is 0 Å². The molecule has 0 aliphatic carbocycles. The summed E-state index contributed by atoms with van der Waals surface area (Å²) in [6.45, 7) is 0. The Hall–Kier alpha value is -3.88. The lowest BCUT2D eigenvalue weighted by molar-refractivity contribution is 1.47. The zero-order valence-corrected chi connectivity index (χ0v) is 14.1. The molecule has 0 saturated carbocycles. The van der Waals surface area contributed by atoms with Gasteiger partial charge in [-0.25, -0.2) is 0 Å². The molecule has 0 bridgehead atoms. The van der Waals surface area contributed by atoms with Crippen LogP contribution in [0.1, 0.15) is 40.8 Å². The van der Waals surface area contributed by atoms with E-state index in [1.807, 2.05) is 97.1 Å². The number of benzene rings is 3. The number of nitriles is 2. The fourth-order valence-corrected chi connectivity index (χ4v) is 2.58.